The first-order valence-electron chi connectivity index (χ1n) is 4.21. The van der Waals surface area contributed by atoms with Crippen molar-refractivity contribution in [2.75, 3.05) is 18.2 Å². The molecule has 1 aromatic carbocycles. The topological polar surface area (TPSA) is 52.3 Å². The molecule has 0 heterocycles. The van der Waals surface area contributed by atoms with E-state index >= 15 is 0 Å². The van der Waals surface area contributed by atoms with E-state index < -0.39 is 0 Å². The first-order valence-corrected chi connectivity index (χ1v) is 5.33. The number of ether oxygens (including phenoxy) is 1. The molecule has 0 saturated heterocycles. The second-order valence-corrected chi connectivity index (χ2v) is 3.65. The van der Waals surface area contributed by atoms with Crippen LogP contribution in [0, 0.1) is 0 Å². The molecule has 0 fully saturated rings. The van der Waals surface area contributed by atoms with Gasteiger partial charge in [-0.15, -0.1) is 0 Å². The molecular formula is C10H12BrNO2. The third-order valence-corrected chi connectivity index (χ3v) is 2.20. The Morgan fingerprint density at radius 3 is 2.79 bits per heavy atom. The van der Waals surface area contributed by atoms with Gasteiger partial charge in [0.05, 0.1) is 7.11 Å². The molecule has 1 aromatic rings. The van der Waals surface area contributed by atoms with Gasteiger partial charge in [0.2, 0.25) is 0 Å². The van der Waals surface area contributed by atoms with E-state index in [1.165, 1.54) is 0 Å². The second-order valence-electron chi connectivity index (χ2n) is 2.86. The molecule has 0 amide bonds. The lowest BCUT2D eigenvalue weighted by Gasteiger charge is -2.04. The smallest absolute Gasteiger partial charge is 0.163 e. The van der Waals surface area contributed by atoms with Crippen LogP contribution in [-0.2, 0) is 0 Å². The molecular weight excluding hydrogens is 246 g/mol. The molecule has 3 nitrogen and oxygen atoms in total. The highest BCUT2D eigenvalue weighted by Gasteiger charge is 2.07. The molecule has 0 aliphatic rings. The molecule has 0 aliphatic heterocycles. The van der Waals surface area contributed by atoms with E-state index in [0.29, 0.717) is 28.8 Å². The molecule has 2 N–H and O–H groups in total. The number of carbonyl (C=O) groups is 1. The molecule has 76 valence electrons. The van der Waals surface area contributed by atoms with E-state index in [0.717, 1.165) is 0 Å². The number of methoxy groups -OCH3 is 1. The number of ketones is 1. The first kappa shape index (κ1) is 11.0. The van der Waals surface area contributed by atoms with E-state index in [-0.39, 0.29) is 5.78 Å². The van der Waals surface area contributed by atoms with Crippen molar-refractivity contribution in [1.29, 1.82) is 0 Å². The maximum Gasteiger partial charge on any atom is 0.163 e. The lowest BCUT2D eigenvalue weighted by molar-refractivity contribution is 0.0989. The molecule has 4 heteroatoms. The van der Waals surface area contributed by atoms with Gasteiger partial charge in [0, 0.05) is 29.1 Å². The van der Waals surface area contributed by atoms with Crippen molar-refractivity contribution in [3.8, 4) is 5.75 Å². The largest absolute Gasteiger partial charge is 0.497 e. The van der Waals surface area contributed by atoms with Gasteiger partial charge < -0.3 is 10.5 Å². The minimum absolute atomic E-state index is 0.0625. The lowest BCUT2D eigenvalue weighted by atomic mass is 10.1. The number of rotatable bonds is 4. The fourth-order valence-corrected chi connectivity index (χ4v) is 1.49. The van der Waals surface area contributed by atoms with Crippen molar-refractivity contribution in [2.24, 2.45) is 0 Å². The number of Topliss-reactive ketones (excluding diaryl/α,β-unsaturated/α-hetero) is 1. The van der Waals surface area contributed by atoms with Crippen LogP contribution in [0.5, 0.6) is 5.75 Å². The summed E-state index contributed by atoms with van der Waals surface area (Å²) in [4.78, 5) is 11.5. The Bertz CT molecular complexity index is 339. The van der Waals surface area contributed by atoms with E-state index in [2.05, 4.69) is 15.9 Å². The van der Waals surface area contributed by atoms with Crippen LogP contribution >= 0.6 is 15.9 Å². The van der Waals surface area contributed by atoms with Gasteiger partial charge >= 0.3 is 0 Å². The van der Waals surface area contributed by atoms with E-state index in [9.17, 15) is 4.79 Å². The molecule has 1 rings (SSSR count). The van der Waals surface area contributed by atoms with Crippen LogP contribution in [0.1, 0.15) is 16.8 Å². The Kier molecular flexibility index (Phi) is 3.95. The van der Waals surface area contributed by atoms with Crippen LogP contribution in [0.25, 0.3) is 0 Å². The number of hydrogen-bond donors (Lipinski definition) is 1. The van der Waals surface area contributed by atoms with E-state index in [1.807, 2.05) is 0 Å². The monoisotopic (exact) mass is 257 g/mol. The predicted molar refractivity (Wildman–Crippen MR) is 60.1 cm³/mol. The van der Waals surface area contributed by atoms with Crippen LogP contribution in [0.4, 0.5) is 5.69 Å². The molecule has 0 aromatic heterocycles. The van der Waals surface area contributed by atoms with Crippen molar-refractivity contribution in [2.45, 2.75) is 6.42 Å². The fraction of sp³-hybridized carbons (Fsp3) is 0.300. The van der Waals surface area contributed by atoms with Crippen molar-refractivity contribution >= 4 is 27.4 Å². The number of nitrogens with two attached hydrogens (primary N) is 1. The minimum Gasteiger partial charge on any atom is -0.497 e. The van der Waals surface area contributed by atoms with Crippen LogP contribution in [0.15, 0.2) is 18.2 Å². The lowest BCUT2D eigenvalue weighted by Crippen LogP contribution is -2.01. The molecule has 0 bridgehead atoms. The number of halogens is 1. The van der Waals surface area contributed by atoms with Gasteiger partial charge in [0.1, 0.15) is 5.75 Å². The molecule has 0 aliphatic carbocycles. The van der Waals surface area contributed by atoms with Crippen molar-refractivity contribution in [1.82, 2.24) is 0 Å². The number of nitrogen functional groups attached to an aromatic ring is 1. The van der Waals surface area contributed by atoms with Crippen LogP contribution in [-0.4, -0.2) is 18.2 Å². The normalized spacial score (nSPS) is 9.86. The zero-order valence-electron chi connectivity index (χ0n) is 7.92. The quantitative estimate of drug-likeness (QED) is 0.512. The molecule has 0 saturated carbocycles. The zero-order valence-corrected chi connectivity index (χ0v) is 9.50. The highest BCUT2D eigenvalue weighted by molar-refractivity contribution is 9.09. The summed E-state index contributed by atoms with van der Waals surface area (Å²) >= 11 is 3.22. The van der Waals surface area contributed by atoms with Crippen LogP contribution in [0.2, 0.25) is 0 Å². The van der Waals surface area contributed by atoms with Crippen molar-refractivity contribution in [3.05, 3.63) is 23.8 Å². The van der Waals surface area contributed by atoms with Gasteiger partial charge in [-0.05, 0) is 12.1 Å². The Labute approximate surface area is 91.4 Å². The van der Waals surface area contributed by atoms with Gasteiger partial charge in [-0.1, -0.05) is 15.9 Å². The maximum atomic E-state index is 11.5. The van der Waals surface area contributed by atoms with Gasteiger partial charge in [0.15, 0.2) is 5.78 Å². The minimum atomic E-state index is 0.0625. The Balaban J connectivity index is 2.96. The molecule has 0 atom stereocenters. The summed E-state index contributed by atoms with van der Waals surface area (Å²) in [5, 5.41) is 0.656. The van der Waals surface area contributed by atoms with E-state index in [1.54, 1.807) is 25.3 Å². The average Bonchev–Trinajstić information content (AvgIpc) is 2.17. The Morgan fingerprint density at radius 1 is 1.50 bits per heavy atom. The summed E-state index contributed by atoms with van der Waals surface area (Å²) in [6.07, 6.45) is 0.465. The number of carbonyl (C=O) groups excluding carboxylic acids is 1. The fourth-order valence-electron chi connectivity index (χ4n) is 1.13. The number of alkyl halides is 1. The highest BCUT2D eigenvalue weighted by Crippen LogP contribution is 2.19. The van der Waals surface area contributed by atoms with Gasteiger partial charge in [-0.3, -0.25) is 4.79 Å². The van der Waals surface area contributed by atoms with Crippen molar-refractivity contribution in [3.63, 3.8) is 0 Å². The third kappa shape index (κ3) is 2.73. The van der Waals surface area contributed by atoms with Crippen molar-refractivity contribution < 1.29 is 9.53 Å². The van der Waals surface area contributed by atoms with Crippen LogP contribution < -0.4 is 10.5 Å². The predicted octanol–water partition coefficient (Wildman–Crippen LogP) is 2.25. The molecule has 0 radical (unpaired) electrons. The van der Waals surface area contributed by atoms with Crippen LogP contribution in [0.3, 0.4) is 0 Å². The maximum absolute atomic E-state index is 11.5. The Hall–Kier alpha value is -1.03. The van der Waals surface area contributed by atoms with E-state index in [4.69, 9.17) is 10.5 Å². The highest BCUT2D eigenvalue weighted by atomic mass is 79.9. The molecule has 14 heavy (non-hydrogen) atoms. The number of benzene rings is 1. The second kappa shape index (κ2) is 5.00. The standard InChI is InChI=1S/C10H12BrNO2/c1-14-9-5-7(4-8(12)6-9)10(13)2-3-11/h4-6H,2-3,12H2,1H3. The molecule has 0 spiro atoms. The number of anilines is 1. The third-order valence-electron chi connectivity index (χ3n) is 1.81. The SMILES string of the molecule is COc1cc(N)cc(C(=O)CCBr)c1. The summed E-state index contributed by atoms with van der Waals surface area (Å²) in [6, 6.07) is 5.04. The summed E-state index contributed by atoms with van der Waals surface area (Å²) in [5.41, 5.74) is 6.77. The Morgan fingerprint density at radius 2 is 2.21 bits per heavy atom. The first-order chi connectivity index (χ1) is 6.67. The summed E-state index contributed by atoms with van der Waals surface area (Å²) in [5.74, 6) is 0.676. The molecule has 0 unspecified atom stereocenters. The summed E-state index contributed by atoms with van der Waals surface area (Å²) < 4.78 is 5.02. The summed E-state index contributed by atoms with van der Waals surface area (Å²) in [6.45, 7) is 0. The summed E-state index contributed by atoms with van der Waals surface area (Å²) in [7, 11) is 1.55. The van der Waals surface area contributed by atoms with Gasteiger partial charge in [0.25, 0.3) is 0 Å². The van der Waals surface area contributed by atoms with Gasteiger partial charge in [-0.2, -0.15) is 0 Å². The van der Waals surface area contributed by atoms with Gasteiger partial charge in [-0.25, -0.2) is 0 Å². The number of hydrogen-bond acceptors (Lipinski definition) is 3. The zero-order chi connectivity index (χ0) is 10.6. The average molecular weight is 258 g/mol.